The second-order valence-electron chi connectivity index (χ2n) is 4.78. The summed E-state index contributed by atoms with van der Waals surface area (Å²) in [4.78, 5) is 0. The van der Waals surface area contributed by atoms with E-state index in [9.17, 15) is 8.78 Å². The van der Waals surface area contributed by atoms with Crippen molar-refractivity contribution in [2.75, 3.05) is 0 Å². The molecule has 3 aromatic carbocycles. The summed E-state index contributed by atoms with van der Waals surface area (Å²) in [6.45, 7) is 0. The van der Waals surface area contributed by atoms with Gasteiger partial charge >= 0.3 is 0 Å². The first-order valence-corrected chi connectivity index (χ1v) is 7.14. The van der Waals surface area contributed by atoms with E-state index in [2.05, 4.69) is 9.24 Å². The van der Waals surface area contributed by atoms with Gasteiger partial charge in [0.25, 0.3) is 0 Å². The topological polar surface area (TPSA) is 0 Å². The summed E-state index contributed by atoms with van der Waals surface area (Å²) in [5.74, 6) is -1.62. The molecule has 1 atom stereocenters. The van der Waals surface area contributed by atoms with Crippen LogP contribution in [0.4, 0.5) is 8.78 Å². The third-order valence-corrected chi connectivity index (χ3v) is 3.77. The van der Waals surface area contributed by atoms with E-state index in [1.807, 2.05) is 18.2 Å². The molecular formula is C18H13F2P. The average Bonchev–Trinajstić information content (AvgIpc) is 2.52. The molecule has 0 fully saturated rings. The van der Waals surface area contributed by atoms with E-state index in [1.54, 1.807) is 48.5 Å². The van der Waals surface area contributed by atoms with E-state index in [0.29, 0.717) is 11.1 Å². The molecule has 0 spiro atoms. The largest absolute Gasteiger partial charge is 0.203 e. The molecule has 0 radical (unpaired) electrons. The first-order chi connectivity index (χ1) is 10.2. The maximum atomic E-state index is 14.4. The van der Waals surface area contributed by atoms with Gasteiger partial charge < -0.3 is 0 Å². The monoisotopic (exact) mass is 298 g/mol. The highest BCUT2D eigenvalue weighted by molar-refractivity contribution is 7.27. The fourth-order valence-corrected chi connectivity index (χ4v) is 2.47. The number of hydrogen-bond donors (Lipinski definition) is 0. The lowest BCUT2D eigenvalue weighted by molar-refractivity contribution is 0.514. The third kappa shape index (κ3) is 2.72. The molecule has 3 aromatic rings. The van der Waals surface area contributed by atoms with Crippen LogP contribution in [0.1, 0.15) is 0 Å². The third-order valence-electron chi connectivity index (χ3n) is 3.39. The van der Waals surface area contributed by atoms with Gasteiger partial charge in [-0.1, -0.05) is 66.7 Å². The van der Waals surface area contributed by atoms with E-state index in [4.69, 9.17) is 0 Å². The minimum Gasteiger partial charge on any atom is -0.203 e. The van der Waals surface area contributed by atoms with Crippen molar-refractivity contribution in [2.24, 2.45) is 0 Å². The van der Waals surface area contributed by atoms with Gasteiger partial charge in [-0.3, -0.25) is 0 Å². The smallest absolute Gasteiger partial charge is 0.167 e. The molecule has 0 aliphatic carbocycles. The van der Waals surface area contributed by atoms with Crippen molar-refractivity contribution in [1.82, 2.24) is 0 Å². The lowest BCUT2D eigenvalue weighted by atomic mass is 9.99. The Morgan fingerprint density at radius 3 is 1.57 bits per heavy atom. The number of benzene rings is 3. The molecule has 104 valence electrons. The lowest BCUT2D eigenvalue weighted by Crippen LogP contribution is -1.95. The number of halogens is 2. The summed E-state index contributed by atoms with van der Waals surface area (Å²) in [6.07, 6.45) is 0. The second-order valence-corrected chi connectivity index (χ2v) is 5.44. The van der Waals surface area contributed by atoms with Crippen LogP contribution in [0.3, 0.4) is 0 Å². The van der Waals surface area contributed by atoms with Crippen molar-refractivity contribution in [1.29, 1.82) is 0 Å². The maximum Gasteiger partial charge on any atom is 0.167 e. The van der Waals surface area contributed by atoms with Gasteiger partial charge in [-0.05, 0) is 16.4 Å². The molecular weight excluding hydrogens is 285 g/mol. The molecule has 0 aliphatic rings. The average molecular weight is 298 g/mol. The van der Waals surface area contributed by atoms with Crippen LogP contribution in [0.5, 0.6) is 0 Å². The summed E-state index contributed by atoms with van der Waals surface area (Å²) < 4.78 is 28.7. The molecule has 0 saturated carbocycles. The van der Waals surface area contributed by atoms with Crippen LogP contribution in [-0.4, -0.2) is 0 Å². The predicted octanol–water partition coefficient (Wildman–Crippen LogP) is 4.80. The van der Waals surface area contributed by atoms with Crippen LogP contribution in [0.2, 0.25) is 0 Å². The van der Waals surface area contributed by atoms with Crippen LogP contribution < -0.4 is 5.30 Å². The zero-order valence-corrected chi connectivity index (χ0v) is 12.3. The van der Waals surface area contributed by atoms with Crippen molar-refractivity contribution < 1.29 is 8.78 Å². The molecule has 0 bridgehead atoms. The van der Waals surface area contributed by atoms with E-state index >= 15 is 0 Å². The Morgan fingerprint density at radius 1 is 0.571 bits per heavy atom. The summed E-state index contributed by atoms with van der Waals surface area (Å²) in [6, 6.07) is 19.5. The van der Waals surface area contributed by atoms with Crippen LogP contribution >= 0.6 is 9.24 Å². The molecule has 0 aliphatic heterocycles. The second kappa shape index (κ2) is 5.75. The number of rotatable bonds is 2. The van der Waals surface area contributed by atoms with Crippen LogP contribution in [0, 0.1) is 11.6 Å². The van der Waals surface area contributed by atoms with Crippen molar-refractivity contribution >= 4 is 14.5 Å². The molecule has 0 aromatic heterocycles. The Hall–Kier alpha value is -2.05. The molecule has 1 unspecified atom stereocenters. The van der Waals surface area contributed by atoms with Gasteiger partial charge in [0, 0.05) is 11.1 Å². The summed E-state index contributed by atoms with van der Waals surface area (Å²) in [5.41, 5.74) is 1.88. The zero-order valence-electron chi connectivity index (χ0n) is 11.2. The normalized spacial score (nSPS) is 10.6. The van der Waals surface area contributed by atoms with Crippen molar-refractivity contribution in [2.45, 2.75) is 0 Å². The van der Waals surface area contributed by atoms with Gasteiger partial charge in [0.15, 0.2) is 11.6 Å². The standard InChI is InChI=1S/C18H13F2P/c19-17-15(12-4-2-1-3-5-12)10-11-16(18(17)20)13-6-8-14(21)9-7-13/h1-11H,21H2. The Morgan fingerprint density at radius 2 is 1.05 bits per heavy atom. The lowest BCUT2D eigenvalue weighted by Gasteiger charge is -2.09. The molecule has 21 heavy (non-hydrogen) atoms. The van der Waals surface area contributed by atoms with E-state index < -0.39 is 11.6 Å². The van der Waals surface area contributed by atoms with Gasteiger partial charge in [0.05, 0.1) is 0 Å². The summed E-state index contributed by atoms with van der Waals surface area (Å²) >= 11 is 0. The van der Waals surface area contributed by atoms with Gasteiger partial charge in [-0.25, -0.2) is 8.78 Å². The fraction of sp³-hybridized carbons (Fsp3) is 0. The molecule has 0 nitrogen and oxygen atoms in total. The van der Waals surface area contributed by atoms with Crippen molar-refractivity contribution in [3.05, 3.63) is 78.4 Å². The first-order valence-electron chi connectivity index (χ1n) is 6.56. The molecule has 0 saturated heterocycles. The van der Waals surface area contributed by atoms with Crippen LogP contribution in [0.15, 0.2) is 66.7 Å². The SMILES string of the molecule is Fc1c(-c2ccccc2)ccc(-c2ccc(P)cc2)c1F. The highest BCUT2D eigenvalue weighted by Crippen LogP contribution is 2.31. The van der Waals surface area contributed by atoms with Gasteiger partial charge in [-0.2, -0.15) is 0 Å². The Balaban J connectivity index is 2.11. The molecule has 3 rings (SSSR count). The Labute approximate surface area is 124 Å². The fourth-order valence-electron chi connectivity index (χ4n) is 2.28. The van der Waals surface area contributed by atoms with Crippen LogP contribution in [0.25, 0.3) is 22.3 Å². The highest BCUT2D eigenvalue weighted by atomic mass is 31.0. The van der Waals surface area contributed by atoms with Gasteiger partial charge in [-0.15, -0.1) is 9.24 Å². The maximum absolute atomic E-state index is 14.4. The minimum atomic E-state index is -0.812. The van der Waals surface area contributed by atoms with Crippen molar-refractivity contribution in [3.63, 3.8) is 0 Å². The predicted molar refractivity (Wildman–Crippen MR) is 86.6 cm³/mol. The molecule has 0 amide bonds. The summed E-state index contributed by atoms with van der Waals surface area (Å²) in [5, 5.41) is 1.00. The zero-order chi connectivity index (χ0) is 14.8. The van der Waals surface area contributed by atoms with Crippen molar-refractivity contribution in [3.8, 4) is 22.3 Å². The minimum absolute atomic E-state index is 0.275. The van der Waals surface area contributed by atoms with E-state index in [1.165, 1.54) is 0 Å². The number of hydrogen-bond acceptors (Lipinski definition) is 0. The van der Waals surface area contributed by atoms with Crippen LogP contribution in [-0.2, 0) is 0 Å². The van der Waals surface area contributed by atoms with Gasteiger partial charge in [0.2, 0.25) is 0 Å². The Kier molecular flexibility index (Phi) is 3.81. The molecule has 0 heterocycles. The Bertz CT molecular complexity index is 765. The highest BCUT2D eigenvalue weighted by Gasteiger charge is 2.15. The molecule has 3 heteroatoms. The molecule has 0 N–H and O–H groups in total. The quantitative estimate of drug-likeness (QED) is 0.596. The van der Waals surface area contributed by atoms with Gasteiger partial charge in [0.1, 0.15) is 0 Å². The first kappa shape index (κ1) is 13.9. The van der Waals surface area contributed by atoms with E-state index in [0.717, 1.165) is 5.30 Å². The summed E-state index contributed by atoms with van der Waals surface area (Å²) in [7, 11) is 2.57. The van der Waals surface area contributed by atoms with E-state index in [-0.39, 0.29) is 11.1 Å².